The number of amides is 1. The molecule has 0 atom stereocenters. The van der Waals surface area contributed by atoms with Crippen molar-refractivity contribution < 1.29 is 19.2 Å². The number of hydrogen-bond donors (Lipinski definition) is 0. The molecule has 0 aromatic carbocycles. The van der Waals surface area contributed by atoms with Gasteiger partial charge in [0.05, 0.1) is 12.0 Å². The SMILES string of the molecule is COC(=O)CCCN(C)C(=O)c1cc(Cl)ncc1[N+](=O)[O-]. The number of carbonyl (C=O) groups excluding carboxylic acids is 2. The predicted octanol–water partition coefficient (Wildman–Crippen LogP) is 1.67. The first-order chi connectivity index (χ1) is 9.86. The van der Waals surface area contributed by atoms with Crippen molar-refractivity contribution in [2.75, 3.05) is 20.7 Å². The molecule has 1 aromatic rings. The summed E-state index contributed by atoms with van der Waals surface area (Å²) in [6.07, 6.45) is 1.49. The Morgan fingerprint density at radius 2 is 2.19 bits per heavy atom. The standard InChI is InChI=1S/C12H14ClN3O5/c1-15(5-3-4-11(17)21-2)12(18)8-6-10(13)14-7-9(8)16(19)20/h6-7H,3-5H2,1-2H3. The Hall–Kier alpha value is -2.22. The summed E-state index contributed by atoms with van der Waals surface area (Å²) in [6.45, 7) is 0.255. The molecule has 0 fully saturated rings. The molecule has 114 valence electrons. The molecule has 8 nitrogen and oxygen atoms in total. The predicted molar refractivity (Wildman–Crippen MR) is 74.1 cm³/mol. The van der Waals surface area contributed by atoms with E-state index in [2.05, 4.69) is 9.72 Å². The van der Waals surface area contributed by atoms with E-state index in [-0.39, 0.29) is 29.7 Å². The fourth-order valence-corrected chi connectivity index (χ4v) is 1.77. The maximum atomic E-state index is 12.2. The van der Waals surface area contributed by atoms with Crippen LogP contribution in [0.15, 0.2) is 12.3 Å². The molecule has 0 saturated carbocycles. The van der Waals surface area contributed by atoms with E-state index in [1.165, 1.54) is 19.1 Å². The van der Waals surface area contributed by atoms with Crippen molar-refractivity contribution in [2.45, 2.75) is 12.8 Å². The summed E-state index contributed by atoms with van der Waals surface area (Å²) in [6, 6.07) is 1.15. The monoisotopic (exact) mass is 315 g/mol. The van der Waals surface area contributed by atoms with Gasteiger partial charge in [-0.05, 0) is 12.5 Å². The number of ether oxygens (including phenoxy) is 1. The number of methoxy groups -OCH3 is 1. The zero-order valence-electron chi connectivity index (χ0n) is 11.5. The average molecular weight is 316 g/mol. The van der Waals surface area contributed by atoms with Crippen LogP contribution < -0.4 is 0 Å². The second kappa shape index (κ2) is 7.53. The lowest BCUT2D eigenvalue weighted by atomic mass is 10.2. The van der Waals surface area contributed by atoms with Crippen molar-refractivity contribution >= 4 is 29.2 Å². The van der Waals surface area contributed by atoms with Gasteiger partial charge in [-0.1, -0.05) is 11.6 Å². The zero-order valence-corrected chi connectivity index (χ0v) is 12.3. The summed E-state index contributed by atoms with van der Waals surface area (Å²) in [7, 11) is 2.76. The van der Waals surface area contributed by atoms with Crippen LogP contribution in [0.25, 0.3) is 0 Å². The second-order valence-corrected chi connectivity index (χ2v) is 4.57. The molecular weight excluding hydrogens is 302 g/mol. The Balaban J connectivity index is 2.80. The minimum absolute atomic E-state index is 0.00749. The molecule has 0 unspecified atom stereocenters. The van der Waals surface area contributed by atoms with Gasteiger partial charge in [0.25, 0.3) is 11.6 Å². The molecule has 0 N–H and O–H groups in total. The topological polar surface area (TPSA) is 103 Å². The van der Waals surface area contributed by atoms with Crippen LogP contribution >= 0.6 is 11.6 Å². The minimum atomic E-state index is -0.696. The molecule has 1 heterocycles. The molecule has 0 spiro atoms. The molecule has 0 aliphatic rings. The summed E-state index contributed by atoms with van der Waals surface area (Å²) in [5.74, 6) is -0.940. The Labute approximate surface area is 125 Å². The van der Waals surface area contributed by atoms with Crippen LogP contribution in [0.2, 0.25) is 5.15 Å². The van der Waals surface area contributed by atoms with Crippen LogP contribution in [0.3, 0.4) is 0 Å². The lowest BCUT2D eigenvalue weighted by Gasteiger charge is -2.16. The van der Waals surface area contributed by atoms with Crippen molar-refractivity contribution in [3.05, 3.63) is 33.1 Å². The van der Waals surface area contributed by atoms with Crippen molar-refractivity contribution in [1.29, 1.82) is 0 Å². The van der Waals surface area contributed by atoms with E-state index in [0.717, 1.165) is 12.3 Å². The van der Waals surface area contributed by atoms with E-state index in [9.17, 15) is 19.7 Å². The number of pyridine rings is 1. The number of esters is 1. The molecule has 21 heavy (non-hydrogen) atoms. The third kappa shape index (κ3) is 4.67. The lowest BCUT2D eigenvalue weighted by molar-refractivity contribution is -0.385. The Morgan fingerprint density at radius 3 is 2.76 bits per heavy atom. The zero-order chi connectivity index (χ0) is 16.0. The number of rotatable bonds is 6. The smallest absolute Gasteiger partial charge is 0.305 e. The fourth-order valence-electron chi connectivity index (χ4n) is 1.61. The van der Waals surface area contributed by atoms with Crippen molar-refractivity contribution in [3.8, 4) is 0 Å². The van der Waals surface area contributed by atoms with Crippen LogP contribution in [-0.4, -0.2) is 47.4 Å². The summed E-state index contributed by atoms with van der Waals surface area (Å²) < 4.78 is 4.49. The highest BCUT2D eigenvalue weighted by atomic mass is 35.5. The van der Waals surface area contributed by atoms with Gasteiger partial charge in [0.2, 0.25) is 0 Å². The van der Waals surface area contributed by atoms with Crippen molar-refractivity contribution in [2.24, 2.45) is 0 Å². The van der Waals surface area contributed by atoms with Crippen molar-refractivity contribution in [3.63, 3.8) is 0 Å². The number of carbonyl (C=O) groups is 2. The number of hydrogen-bond acceptors (Lipinski definition) is 6. The fraction of sp³-hybridized carbons (Fsp3) is 0.417. The first kappa shape index (κ1) is 16.8. The number of aromatic nitrogens is 1. The van der Waals surface area contributed by atoms with Gasteiger partial charge in [0, 0.05) is 20.0 Å². The summed E-state index contributed by atoms with van der Waals surface area (Å²) >= 11 is 5.67. The van der Waals surface area contributed by atoms with Gasteiger partial charge in [-0.2, -0.15) is 0 Å². The van der Waals surface area contributed by atoms with Crippen LogP contribution in [0.5, 0.6) is 0 Å². The van der Waals surface area contributed by atoms with E-state index in [0.29, 0.717) is 6.42 Å². The highest BCUT2D eigenvalue weighted by Gasteiger charge is 2.24. The first-order valence-corrected chi connectivity index (χ1v) is 6.36. The minimum Gasteiger partial charge on any atom is -0.469 e. The molecule has 0 saturated heterocycles. The first-order valence-electron chi connectivity index (χ1n) is 5.99. The normalized spacial score (nSPS) is 10.0. The van der Waals surface area contributed by atoms with Gasteiger partial charge in [0.15, 0.2) is 0 Å². The van der Waals surface area contributed by atoms with Crippen LogP contribution in [0.1, 0.15) is 23.2 Å². The number of nitrogens with zero attached hydrogens (tertiary/aromatic N) is 3. The van der Waals surface area contributed by atoms with Gasteiger partial charge in [-0.3, -0.25) is 19.7 Å². The highest BCUT2D eigenvalue weighted by molar-refractivity contribution is 6.29. The Morgan fingerprint density at radius 1 is 1.52 bits per heavy atom. The maximum absolute atomic E-state index is 12.2. The molecule has 0 aliphatic heterocycles. The summed E-state index contributed by atoms with van der Waals surface area (Å²) in [5.41, 5.74) is -0.551. The van der Waals surface area contributed by atoms with Crippen LogP contribution in [0.4, 0.5) is 5.69 Å². The number of nitro groups is 1. The maximum Gasteiger partial charge on any atom is 0.305 e. The largest absolute Gasteiger partial charge is 0.469 e. The van der Waals surface area contributed by atoms with E-state index in [1.807, 2.05) is 0 Å². The second-order valence-electron chi connectivity index (χ2n) is 4.19. The van der Waals surface area contributed by atoms with Gasteiger partial charge in [-0.25, -0.2) is 4.98 Å². The molecule has 1 aromatic heterocycles. The molecule has 0 aliphatic carbocycles. The van der Waals surface area contributed by atoms with Crippen LogP contribution in [-0.2, 0) is 9.53 Å². The van der Waals surface area contributed by atoms with E-state index in [4.69, 9.17) is 11.6 Å². The van der Waals surface area contributed by atoms with E-state index >= 15 is 0 Å². The van der Waals surface area contributed by atoms with Gasteiger partial charge >= 0.3 is 5.97 Å². The number of halogens is 1. The van der Waals surface area contributed by atoms with Gasteiger partial charge in [0.1, 0.15) is 16.9 Å². The summed E-state index contributed by atoms with van der Waals surface area (Å²) in [5, 5.41) is 10.9. The van der Waals surface area contributed by atoms with Gasteiger partial charge < -0.3 is 9.64 Å². The van der Waals surface area contributed by atoms with Crippen molar-refractivity contribution in [1.82, 2.24) is 9.88 Å². The van der Waals surface area contributed by atoms with E-state index < -0.39 is 16.5 Å². The Bertz CT molecular complexity index is 564. The third-order valence-corrected chi connectivity index (χ3v) is 2.93. The molecule has 9 heteroatoms. The molecular formula is C12H14ClN3O5. The lowest BCUT2D eigenvalue weighted by Crippen LogP contribution is -2.28. The van der Waals surface area contributed by atoms with Gasteiger partial charge in [-0.15, -0.1) is 0 Å². The highest BCUT2D eigenvalue weighted by Crippen LogP contribution is 2.21. The van der Waals surface area contributed by atoms with Crippen LogP contribution in [0, 0.1) is 10.1 Å². The van der Waals surface area contributed by atoms with E-state index in [1.54, 1.807) is 0 Å². The quantitative estimate of drug-likeness (QED) is 0.342. The molecule has 1 rings (SSSR count). The third-order valence-electron chi connectivity index (χ3n) is 2.73. The Kier molecular flexibility index (Phi) is 6.04. The molecule has 0 radical (unpaired) electrons. The molecule has 0 bridgehead atoms. The molecule has 1 amide bonds. The average Bonchev–Trinajstić information content (AvgIpc) is 2.45. The summed E-state index contributed by atoms with van der Waals surface area (Å²) in [4.78, 5) is 38.2.